The van der Waals surface area contributed by atoms with Crippen molar-refractivity contribution in [1.29, 1.82) is 0 Å². The van der Waals surface area contributed by atoms with Crippen molar-refractivity contribution in [2.75, 3.05) is 0 Å². The van der Waals surface area contributed by atoms with Gasteiger partial charge in [-0.15, -0.1) is 11.3 Å². The van der Waals surface area contributed by atoms with Crippen molar-refractivity contribution in [3.63, 3.8) is 0 Å². The van der Waals surface area contributed by atoms with E-state index in [4.69, 9.17) is 4.74 Å². The van der Waals surface area contributed by atoms with E-state index in [-0.39, 0.29) is 11.9 Å². The summed E-state index contributed by atoms with van der Waals surface area (Å²) in [6.07, 6.45) is -0.723. The number of hydrogen-bond acceptors (Lipinski definition) is 4. The third-order valence-corrected chi connectivity index (χ3v) is 5.34. The highest BCUT2D eigenvalue weighted by molar-refractivity contribution is 7.09. The van der Waals surface area contributed by atoms with E-state index in [0.29, 0.717) is 11.7 Å². The van der Waals surface area contributed by atoms with Gasteiger partial charge >= 0.3 is 0 Å². The number of benzene rings is 2. The number of nitrogens with zero attached hydrogens (tertiary/aromatic N) is 1. The molecule has 1 amide bonds. The van der Waals surface area contributed by atoms with Gasteiger partial charge in [0.1, 0.15) is 5.75 Å². The monoisotopic (exact) mass is 380 g/mol. The molecule has 0 spiro atoms. The Kier molecular flexibility index (Phi) is 6.24. The SMILES string of the molecule is CC(C)c1nc(C(C)NC(=O)C(Oc2ccccc2)c2ccccc2)cs1. The molecule has 5 heteroatoms. The summed E-state index contributed by atoms with van der Waals surface area (Å²) in [7, 11) is 0. The van der Waals surface area contributed by atoms with Crippen LogP contribution in [0.3, 0.4) is 0 Å². The van der Waals surface area contributed by atoms with Crippen LogP contribution in [0.4, 0.5) is 0 Å². The Labute approximate surface area is 164 Å². The van der Waals surface area contributed by atoms with E-state index in [1.54, 1.807) is 11.3 Å². The van der Waals surface area contributed by atoms with Crippen LogP contribution in [0.25, 0.3) is 0 Å². The van der Waals surface area contributed by atoms with Gasteiger partial charge in [-0.2, -0.15) is 0 Å². The first kappa shape index (κ1) is 19.1. The molecular formula is C22H24N2O2S. The molecular weight excluding hydrogens is 356 g/mol. The first-order chi connectivity index (χ1) is 13.0. The van der Waals surface area contributed by atoms with E-state index in [1.807, 2.05) is 73.0 Å². The molecule has 0 bridgehead atoms. The fraction of sp³-hybridized carbons (Fsp3) is 0.273. The quantitative estimate of drug-likeness (QED) is 0.608. The zero-order chi connectivity index (χ0) is 19.2. The van der Waals surface area contributed by atoms with E-state index in [9.17, 15) is 4.79 Å². The molecule has 0 fully saturated rings. The Hall–Kier alpha value is -2.66. The van der Waals surface area contributed by atoms with Crippen molar-refractivity contribution in [2.45, 2.75) is 38.8 Å². The number of thiazole rings is 1. The number of hydrogen-bond donors (Lipinski definition) is 1. The van der Waals surface area contributed by atoms with Crippen LogP contribution in [0, 0.1) is 0 Å². The maximum absolute atomic E-state index is 13.0. The molecule has 0 aliphatic heterocycles. The van der Waals surface area contributed by atoms with Crippen LogP contribution in [0.15, 0.2) is 66.0 Å². The number of carbonyl (C=O) groups is 1. The number of ether oxygens (including phenoxy) is 1. The summed E-state index contributed by atoms with van der Waals surface area (Å²) in [6, 6.07) is 18.7. The van der Waals surface area contributed by atoms with Gasteiger partial charge in [-0.3, -0.25) is 4.79 Å². The van der Waals surface area contributed by atoms with Crippen molar-refractivity contribution < 1.29 is 9.53 Å². The first-order valence-corrected chi connectivity index (χ1v) is 9.95. The van der Waals surface area contributed by atoms with Crippen LogP contribution in [0.5, 0.6) is 5.75 Å². The molecule has 27 heavy (non-hydrogen) atoms. The molecule has 2 atom stereocenters. The number of aromatic nitrogens is 1. The lowest BCUT2D eigenvalue weighted by Crippen LogP contribution is -2.34. The first-order valence-electron chi connectivity index (χ1n) is 9.07. The molecule has 0 aliphatic rings. The Morgan fingerprint density at radius 3 is 2.22 bits per heavy atom. The van der Waals surface area contributed by atoms with Gasteiger partial charge in [0.05, 0.1) is 16.7 Å². The Morgan fingerprint density at radius 1 is 1.00 bits per heavy atom. The second-order valence-electron chi connectivity index (χ2n) is 6.72. The minimum Gasteiger partial charge on any atom is -0.476 e. The molecule has 1 N–H and O–H groups in total. The van der Waals surface area contributed by atoms with Gasteiger partial charge in [-0.05, 0) is 19.1 Å². The molecule has 0 aliphatic carbocycles. The highest BCUT2D eigenvalue weighted by Gasteiger charge is 2.25. The number of nitrogens with one attached hydrogen (secondary N) is 1. The van der Waals surface area contributed by atoms with Crippen LogP contribution in [0.1, 0.15) is 55.1 Å². The fourth-order valence-electron chi connectivity index (χ4n) is 2.66. The molecule has 0 radical (unpaired) electrons. The standard InChI is InChI=1S/C22H24N2O2S/c1-15(2)22-24-19(14-27-22)16(3)23-21(25)20(17-10-6-4-7-11-17)26-18-12-8-5-9-13-18/h4-16,20H,1-3H3,(H,23,25). The Morgan fingerprint density at radius 2 is 1.63 bits per heavy atom. The van der Waals surface area contributed by atoms with Gasteiger partial charge < -0.3 is 10.1 Å². The fourth-order valence-corrected chi connectivity index (χ4v) is 3.59. The minimum absolute atomic E-state index is 0.184. The Balaban J connectivity index is 1.77. The molecule has 3 rings (SSSR count). The zero-order valence-corrected chi connectivity index (χ0v) is 16.6. The summed E-state index contributed by atoms with van der Waals surface area (Å²) in [6.45, 7) is 6.18. The summed E-state index contributed by atoms with van der Waals surface area (Å²) in [5.74, 6) is 0.853. The summed E-state index contributed by atoms with van der Waals surface area (Å²) >= 11 is 1.63. The molecule has 0 saturated carbocycles. The summed E-state index contributed by atoms with van der Waals surface area (Å²) in [4.78, 5) is 17.7. The van der Waals surface area contributed by atoms with Crippen LogP contribution >= 0.6 is 11.3 Å². The maximum atomic E-state index is 13.0. The molecule has 1 heterocycles. The van der Waals surface area contributed by atoms with Crippen molar-refractivity contribution in [1.82, 2.24) is 10.3 Å². The molecule has 1 aromatic heterocycles. The molecule has 3 aromatic rings. The van der Waals surface area contributed by atoms with Crippen molar-refractivity contribution in [3.05, 3.63) is 82.3 Å². The highest BCUT2D eigenvalue weighted by atomic mass is 32.1. The smallest absolute Gasteiger partial charge is 0.266 e. The van der Waals surface area contributed by atoms with Crippen molar-refractivity contribution >= 4 is 17.2 Å². The topological polar surface area (TPSA) is 51.2 Å². The average molecular weight is 381 g/mol. The number of amides is 1. The van der Waals surface area contributed by atoms with E-state index in [0.717, 1.165) is 16.3 Å². The molecule has 140 valence electrons. The van der Waals surface area contributed by atoms with E-state index in [1.165, 1.54) is 0 Å². The molecule has 2 aromatic carbocycles. The molecule has 0 saturated heterocycles. The molecule has 2 unspecified atom stereocenters. The van der Waals surface area contributed by atoms with Gasteiger partial charge in [0.2, 0.25) is 6.10 Å². The lowest BCUT2D eigenvalue weighted by atomic mass is 10.1. The number of carbonyl (C=O) groups excluding carboxylic acids is 1. The van der Waals surface area contributed by atoms with Gasteiger partial charge in [0, 0.05) is 16.9 Å². The average Bonchev–Trinajstić information content (AvgIpc) is 3.18. The lowest BCUT2D eigenvalue weighted by molar-refractivity contribution is -0.129. The van der Waals surface area contributed by atoms with Gasteiger partial charge in [0.15, 0.2) is 0 Å². The largest absolute Gasteiger partial charge is 0.476 e. The normalized spacial score (nSPS) is 13.2. The van der Waals surface area contributed by atoms with Gasteiger partial charge in [-0.1, -0.05) is 62.4 Å². The third-order valence-electron chi connectivity index (χ3n) is 4.17. The third kappa shape index (κ3) is 4.95. The second-order valence-corrected chi connectivity index (χ2v) is 7.61. The van der Waals surface area contributed by atoms with Crippen LogP contribution in [-0.4, -0.2) is 10.9 Å². The predicted octanol–water partition coefficient (Wildman–Crippen LogP) is 5.26. The van der Waals surface area contributed by atoms with Crippen LogP contribution in [0.2, 0.25) is 0 Å². The van der Waals surface area contributed by atoms with Crippen LogP contribution in [-0.2, 0) is 4.79 Å². The van der Waals surface area contributed by atoms with Crippen molar-refractivity contribution in [2.24, 2.45) is 0 Å². The number of para-hydroxylation sites is 1. The van der Waals surface area contributed by atoms with Crippen molar-refractivity contribution in [3.8, 4) is 5.75 Å². The maximum Gasteiger partial charge on any atom is 0.266 e. The Bertz CT molecular complexity index is 862. The summed E-state index contributed by atoms with van der Waals surface area (Å²) in [5, 5.41) is 6.13. The second kappa shape index (κ2) is 8.82. The minimum atomic E-state index is -0.723. The summed E-state index contributed by atoms with van der Waals surface area (Å²) in [5.41, 5.74) is 1.69. The number of rotatable bonds is 7. The molecule has 4 nitrogen and oxygen atoms in total. The van der Waals surface area contributed by atoms with E-state index < -0.39 is 6.10 Å². The van der Waals surface area contributed by atoms with Gasteiger partial charge in [0.25, 0.3) is 5.91 Å². The zero-order valence-electron chi connectivity index (χ0n) is 15.8. The highest BCUT2D eigenvalue weighted by Crippen LogP contribution is 2.25. The summed E-state index contributed by atoms with van der Waals surface area (Å²) < 4.78 is 6.01. The van der Waals surface area contributed by atoms with E-state index in [2.05, 4.69) is 24.1 Å². The van der Waals surface area contributed by atoms with E-state index >= 15 is 0 Å². The van der Waals surface area contributed by atoms with Gasteiger partial charge in [-0.25, -0.2) is 4.98 Å². The predicted molar refractivity (Wildman–Crippen MR) is 109 cm³/mol. The lowest BCUT2D eigenvalue weighted by Gasteiger charge is -2.21. The van der Waals surface area contributed by atoms with Crippen LogP contribution < -0.4 is 10.1 Å².